The molecule has 6 nitrogen and oxygen atoms in total. The number of aryl methyl sites for hydroxylation is 1. The third-order valence-corrected chi connectivity index (χ3v) is 6.08. The van der Waals surface area contributed by atoms with Crippen molar-refractivity contribution in [2.75, 3.05) is 11.1 Å². The maximum atomic E-state index is 12.6. The number of halogens is 1. The normalized spacial score (nSPS) is 10.7. The number of aromatic nitrogens is 3. The third kappa shape index (κ3) is 5.94. The van der Waals surface area contributed by atoms with Crippen molar-refractivity contribution >= 4 is 35.0 Å². The average molecular weight is 479 g/mol. The summed E-state index contributed by atoms with van der Waals surface area (Å²) < 4.78 is 7.77. The number of carbonyl (C=O) groups excluding carboxylic acids is 1. The van der Waals surface area contributed by atoms with E-state index in [9.17, 15) is 4.79 Å². The molecule has 1 N–H and O–H groups in total. The van der Waals surface area contributed by atoms with Gasteiger partial charge in [0.1, 0.15) is 12.4 Å². The zero-order valence-corrected chi connectivity index (χ0v) is 19.6. The minimum Gasteiger partial charge on any atom is -0.486 e. The molecule has 0 aliphatic carbocycles. The summed E-state index contributed by atoms with van der Waals surface area (Å²) in [4.78, 5) is 12.6. The van der Waals surface area contributed by atoms with Crippen molar-refractivity contribution < 1.29 is 9.53 Å². The molecule has 168 valence electrons. The van der Waals surface area contributed by atoms with E-state index >= 15 is 0 Å². The lowest BCUT2D eigenvalue weighted by molar-refractivity contribution is -0.113. The Morgan fingerprint density at radius 2 is 1.73 bits per heavy atom. The largest absolute Gasteiger partial charge is 0.486 e. The van der Waals surface area contributed by atoms with Crippen LogP contribution < -0.4 is 10.1 Å². The molecule has 0 unspecified atom stereocenters. The Kier molecular flexibility index (Phi) is 7.65. The molecular formula is C25H23ClN4O2S. The van der Waals surface area contributed by atoms with E-state index in [-0.39, 0.29) is 18.3 Å². The summed E-state index contributed by atoms with van der Waals surface area (Å²) in [6.45, 7) is 2.30. The van der Waals surface area contributed by atoms with Crippen molar-refractivity contribution in [2.45, 2.75) is 25.1 Å². The summed E-state index contributed by atoms with van der Waals surface area (Å²) in [5.74, 6) is 1.46. The molecule has 0 fully saturated rings. The molecule has 4 rings (SSSR count). The van der Waals surface area contributed by atoms with Crippen molar-refractivity contribution in [3.8, 4) is 11.4 Å². The van der Waals surface area contributed by atoms with Crippen LogP contribution in [0.25, 0.3) is 5.69 Å². The first-order chi connectivity index (χ1) is 16.1. The van der Waals surface area contributed by atoms with Crippen molar-refractivity contribution in [1.82, 2.24) is 14.8 Å². The van der Waals surface area contributed by atoms with E-state index in [0.717, 1.165) is 29.1 Å². The van der Waals surface area contributed by atoms with Gasteiger partial charge in [-0.25, -0.2) is 0 Å². The van der Waals surface area contributed by atoms with E-state index in [1.165, 1.54) is 11.8 Å². The minimum atomic E-state index is -0.103. The standard InChI is InChI=1S/C25H23ClN4O2S/c1-2-18-8-6-7-11-22(18)27-24(31)17-33-25-29-28-23(16-32-21-9-4-3-5-10-21)30(25)20-14-12-19(26)13-15-20/h3-15H,2,16-17H2,1H3,(H,27,31). The Morgan fingerprint density at radius 1 is 1.00 bits per heavy atom. The van der Waals surface area contributed by atoms with Gasteiger partial charge in [-0.1, -0.05) is 66.7 Å². The molecule has 0 bridgehead atoms. The third-order valence-electron chi connectivity index (χ3n) is 4.90. The Morgan fingerprint density at radius 3 is 2.48 bits per heavy atom. The zero-order chi connectivity index (χ0) is 23.0. The summed E-state index contributed by atoms with van der Waals surface area (Å²) in [5, 5.41) is 12.9. The van der Waals surface area contributed by atoms with Crippen LogP contribution in [0.15, 0.2) is 84.0 Å². The molecule has 0 aliphatic heterocycles. The van der Waals surface area contributed by atoms with Gasteiger partial charge in [-0.15, -0.1) is 10.2 Å². The number of ether oxygens (including phenoxy) is 1. The van der Waals surface area contributed by atoms with Gasteiger partial charge in [-0.05, 0) is 54.4 Å². The van der Waals surface area contributed by atoms with Crippen molar-refractivity contribution in [3.05, 3.63) is 95.3 Å². The molecule has 0 spiro atoms. The molecule has 3 aromatic carbocycles. The molecule has 4 aromatic rings. The molecule has 0 saturated carbocycles. The fourth-order valence-corrected chi connectivity index (χ4v) is 4.17. The molecule has 8 heteroatoms. The Labute approximate surface area is 202 Å². The quantitative estimate of drug-likeness (QED) is 0.308. The zero-order valence-electron chi connectivity index (χ0n) is 18.1. The summed E-state index contributed by atoms with van der Waals surface area (Å²) in [6.07, 6.45) is 0.846. The maximum absolute atomic E-state index is 12.6. The number of nitrogens with zero attached hydrogens (tertiary/aromatic N) is 3. The first kappa shape index (κ1) is 22.9. The van der Waals surface area contributed by atoms with Gasteiger partial charge in [0.25, 0.3) is 0 Å². The fourth-order valence-electron chi connectivity index (χ4n) is 3.27. The van der Waals surface area contributed by atoms with Crippen LogP contribution in [0.2, 0.25) is 5.02 Å². The van der Waals surface area contributed by atoms with Gasteiger partial charge in [0, 0.05) is 16.4 Å². The molecule has 1 aromatic heterocycles. The highest BCUT2D eigenvalue weighted by Crippen LogP contribution is 2.25. The highest BCUT2D eigenvalue weighted by atomic mass is 35.5. The van der Waals surface area contributed by atoms with Gasteiger partial charge >= 0.3 is 0 Å². The smallest absolute Gasteiger partial charge is 0.234 e. The van der Waals surface area contributed by atoms with Crippen LogP contribution in [-0.4, -0.2) is 26.4 Å². The lowest BCUT2D eigenvalue weighted by atomic mass is 10.1. The monoisotopic (exact) mass is 478 g/mol. The van der Waals surface area contributed by atoms with E-state index in [2.05, 4.69) is 22.4 Å². The van der Waals surface area contributed by atoms with Crippen LogP contribution in [-0.2, 0) is 17.8 Å². The number of rotatable bonds is 9. The number of nitrogens with one attached hydrogen (secondary N) is 1. The second kappa shape index (κ2) is 11.0. The summed E-state index contributed by atoms with van der Waals surface area (Å²) in [7, 11) is 0. The van der Waals surface area contributed by atoms with Gasteiger partial charge in [0.2, 0.25) is 5.91 Å². The number of amides is 1. The van der Waals surface area contributed by atoms with Gasteiger partial charge in [0.15, 0.2) is 11.0 Å². The van der Waals surface area contributed by atoms with E-state index in [0.29, 0.717) is 16.0 Å². The van der Waals surface area contributed by atoms with Crippen molar-refractivity contribution in [3.63, 3.8) is 0 Å². The lowest BCUT2D eigenvalue weighted by Gasteiger charge is -2.12. The van der Waals surface area contributed by atoms with Crippen LogP contribution in [0.1, 0.15) is 18.3 Å². The van der Waals surface area contributed by atoms with E-state index in [4.69, 9.17) is 16.3 Å². The minimum absolute atomic E-state index is 0.103. The molecule has 0 aliphatic rings. The summed E-state index contributed by atoms with van der Waals surface area (Å²) in [5.41, 5.74) is 2.78. The number of hydrogen-bond acceptors (Lipinski definition) is 5. The van der Waals surface area contributed by atoms with E-state index in [1.807, 2.05) is 83.4 Å². The predicted octanol–water partition coefficient (Wildman–Crippen LogP) is 5.79. The van der Waals surface area contributed by atoms with Crippen molar-refractivity contribution in [1.29, 1.82) is 0 Å². The Bertz CT molecular complexity index is 1210. The number of hydrogen-bond donors (Lipinski definition) is 1. The number of benzene rings is 3. The number of anilines is 1. The molecule has 1 amide bonds. The highest BCUT2D eigenvalue weighted by Gasteiger charge is 2.17. The summed E-state index contributed by atoms with van der Waals surface area (Å²) in [6, 6.07) is 24.7. The Hall–Kier alpha value is -3.29. The maximum Gasteiger partial charge on any atom is 0.234 e. The molecule has 0 saturated heterocycles. The van der Waals surface area contributed by atoms with Crippen LogP contribution in [0.4, 0.5) is 5.69 Å². The topological polar surface area (TPSA) is 69.0 Å². The molecule has 0 radical (unpaired) electrons. The number of thioether (sulfide) groups is 1. The van der Waals surface area contributed by atoms with Gasteiger partial charge in [-0.3, -0.25) is 9.36 Å². The van der Waals surface area contributed by atoms with Gasteiger partial charge in [-0.2, -0.15) is 0 Å². The first-order valence-electron chi connectivity index (χ1n) is 10.5. The predicted molar refractivity (Wildman–Crippen MR) is 132 cm³/mol. The summed E-state index contributed by atoms with van der Waals surface area (Å²) >= 11 is 7.39. The van der Waals surface area contributed by atoms with Crippen molar-refractivity contribution in [2.24, 2.45) is 0 Å². The highest BCUT2D eigenvalue weighted by molar-refractivity contribution is 7.99. The average Bonchev–Trinajstić information content (AvgIpc) is 3.25. The van der Waals surface area contributed by atoms with Crippen LogP contribution in [0, 0.1) is 0 Å². The lowest BCUT2D eigenvalue weighted by Crippen LogP contribution is -2.16. The second-order valence-corrected chi connectivity index (χ2v) is 8.54. The number of carbonyl (C=O) groups is 1. The SMILES string of the molecule is CCc1ccccc1NC(=O)CSc1nnc(COc2ccccc2)n1-c1ccc(Cl)cc1. The molecule has 1 heterocycles. The number of para-hydroxylation sites is 2. The Balaban J connectivity index is 1.51. The van der Waals surface area contributed by atoms with E-state index in [1.54, 1.807) is 0 Å². The second-order valence-electron chi connectivity index (χ2n) is 7.16. The van der Waals surface area contributed by atoms with Gasteiger partial charge < -0.3 is 10.1 Å². The van der Waals surface area contributed by atoms with Crippen LogP contribution >= 0.6 is 23.4 Å². The van der Waals surface area contributed by atoms with Crippen LogP contribution in [0.3, 0.4) is 0 Å². The van der Waals surface area contributed by atoms with Gasteiger partial charge in [0.05, 0.1) is 5.75 Å². The van der Waals surface area contributed by atoms with E-state index < -0.39 is 0 Å². The molecule has 0 atom stereocenters. The molecular weight excluding hydrogens is 456 g/mol. The first-order valence-corrected chi connectivity index (χ1v) is 11.9. The molecule has 33 heavy (non-hydrogen) atoms. The van der Waals surface area contributed by atoms with Crippen LogP contribution in [0.5, 0.6) is 5.75 Å². The fraction of sp³-hybridized carbons (Fsp3) is 0.160.